The molecule has 0 bridgehead atoms. The first-order valence-corrected chi connectivity index (χ1v) is 7.16. The Kier molecular flexibility index (Phi) is 5.08. The third kappa shape index (κ3) is 4.43. The maximum atomic E-state index is 5.78. The van der Waals surface area contributed by atoms with Gasteiger partial charge in [0.25, 0.3) is 0 Å². The molecule has 3 heteroatoms. The molecule has 0 spiro atoms. The summed E-state index contributed by atoms with van der Waals surface area (Å²) in [6.07, 6.45) is 1.36. The molecule has 106 valence electrons. The van der Waals surface area contributed by atoms with E-state index in [9.17, 15) is 0 Å². The number of hydrogen-bond acceptors (Lipinski definition) is 3. The molecule has 1 fully saturated rings. The van der Waals surface area contributed by atoms with E-state index in [1.807, 2.05) is 24.3 Å². The predicted molar refractivity (Wildman–Crippen MR) is 77.9 cm³/mol. The highest BCUT2D eigenvalue weighted by atomic mass is 16.5. The van der Waals surface area contributed by atoms with Gasteiger partial charge in [0.2, 0.25) is 0 Å². The lowest BCUT2D eigenvalue weighted by Gasteiger charge is -2.34. The molecule has 1 aromatic rings. The van der Waals surface area contributed by atoms with Crippen molar-refractivity contribution in [3.05, 3.63) is 24.3 Å². The van der Waals surface area contributed by atoms with Gasteiger partial charge in [-0.3, -0.25) is 4.90 Å². The maximum Gasteiger partial charge on any atom is 0.119 e. The van der Waals surface area contributed by atoms with Crippen LogP contribution in [0.5, 0.6) is 11.5 Å². The summed E-state index contributed by atoms with van der Waals surface area (Å²) < 4.78 is 10.9. The standard InChI is InChI=1S/C16H25NO2/c1-13-10-14(2)12-17(11-13)8-9-19-16-6-4-15(18-3)5-7-16/h4-7,13-14H,8-12H2,1-3H3. The van der Waals surface area contributed by atoms with Gasteiger partial charge in [0.05, 0.1) is 7.11 Å². The van der Waals surface area contributed by atoms with Crippen molar-refractivity contribution in [1.29, 1.82) is 0 Å². The lowest BCUT2D eigenvalue weighted by molar-refractivity contribution is 0.120. The van der Waals surface area contributed by atoms with E-state index in [2.05, 4.69) is 18.7 Å². The van der Waals surface area contributed by atoms with E-state index < -0.39 is 0 Å². The molecule has 0 aromatic heterocycles. The van der Waals surface area contributed by atoms with Crippen LogP contribution in [-0.4, -0.2) is 38.3 Å². The molecular formula is C16H25NO2. The molecule has 1 aliphatic heterocycles. The number of benzene rings is 1. The summed E-state index contributed by atoms with van der Waals surface area (Å²) in [4.78, 5) is 2.52. The fourth-order valence-corrected chi connectivity index (χ4v) is 2.94. The number of likely N-dealkylation sites (tertiary alicyclic amines) is 1. The molecule has 19 heavy (non-hydrogen) atoms. The van der Waals surface area contributed by atoms with Gasteiger partial charge < -0.3 is 9.47 Å². The van der Waals surface area contributed by atoms with Crippen molar-refractivity contribution in [3.8, 4) is 11.5 Å². The first kappa shape index (κ1) is 14.2. The minimum absolute atomic E-state index is 0.756. The van der Waals surface area contributed by atoms with Crippen molar-refractivity contribution in [2.75, 3.05) is 33.4 Å². The molecule has 0 saturated carbocycles. The van der Waals surface area contributed by atoms with Crippen LogP contribution in [0.25, 0.3) is 0 Å². The van der Waals surface area contributed by atoms with Crippen LogP contribution in [0.4, 0.5) is 0 Å². The van der Waals surface area contributed by atoms with Gasteiger partial charge in [-0.15, -0.1) is 0 Å². The number of nitrogens with zero attached hydrogens (tertiary/aromatic N) is 1. The zero-order valence-corrected chi connectivity index (χ0v) is 12.3. The van der Waals surface area contributed by atoms with Crippen LogP contribution in [0.2, 0.25) is 0 Å². The summed E-state index contributed by atoms with van der Waals surface area (Å²) in [6, 6.07) is 7.78. The fourth-order valence-electron chi connectivity index (χ4n) is 2.94. The van der Waals surface area contributed by atoms with Crippen molar-refractivity contribution in [3.63, 3.8) is 0 Å². The van der Waals surface area contributed by atoms with Crippen LogP contribution in [-0.2, 0) is 0 Å². The molecule has 0 aliphatic carbocycles. The van der Waals surface area contributed by atoms with E-state index in [4.69, 9.17) is 9.47 Å². The molecule has 2 atom stereocenters. The van der Waals surface area contributed by atoms with Crippen molar-refractivity contribution in [2.45, 2.75) is 20.3 Å². The van der Waals surface area contributed by atoms with Gasteiger partial charge in [0, 0.05) is 19.6 Å². The molecule has 0 radical (unpaired) electrons. The lowest BCUT2D eigenvalue weighted by Crippen LogP contribution is -2.40. The Morgan fingerprint density at radius 2 is 1.63 bits per heavy atom. The van der Waals surface area contributed by atoms with E-state index in [0.717, 1.165) is 36.5 Å². The molecule has 3 nitrogen and oxygen atoms in total. The Morgan fingerprint density at radius 1 is 1.05 bits per heavy atom. The SMILES string of the molecule is COc1ccc(OCCN2CC(C)CC(C)C2)cc1. The highest BCUT2D eigenvalue weighted by molar-refractivity contribution is 5.31. The average Bonchev–Trinajstić information content (AvgIpc) is 2.38. The van der Waals surface area contributed by atoms with E-state index in [1.54, 1.807) is 7.11 Å². The van der Waals surface area contributed by atoms with Gasteiger partial charge in [-0.25, -0.2) is 0 Å². The molecular weight excluding hydrogens is 238 g/mol. The minimum Gasteiger partial charge on any atom is -0.497 e. The first-order chi connectivity index (χ1) is 9.17. The second kappa shape index (κ2) is 6.80. The molecule has 0 N–H and O–H groups in total. The number of piperidine rings is 1. The summed E-state index contributed by atoms with van der Waals surface area (Å²) in [6.45, 7) is 8.86. The molecule has 1 aromatic carbocycles. The van der Waals surface area contributed by atoms with Crippen LogP contribution in [0.3, 0.4) is 0 Å². The molecule has 1 aliphatic rings. The molecule has 2 unspecified atom stereocenters. The molecule has 2 rings (SSSR count). The van der Waals surface area contributed by atoms with Crippen molar-refractivity contribution < 1.29 is 9.47 Å². The predicted octanol–water partition coefficient (Wildman–Crippen LogP) is 3.05. The number of rotatable bonds is 5. The van der Waals surface area contributed by atoms with Crippen LogP contribution in [0, 0.1) is 11.8 Å². The quantitative estimate of drug-likeness (QED) is 0.815. The Morgan fingerprint density at radius 3 is 2.21 bits per heavy atom. The first-order valence-electron chi connectivity index (χ1n) is 7.16. The Bertz CT molecular complexity index is 367. The summed E-state index contributed by atoms with van der Waals surface area (Å²) in [5, 5.41) is 0. The van der Waals surface area contributed by atoms with Gasteiger partial charge in [0.1, 0.15) is 18.1 Å². The Balaban J connectivity index is 1.73. The van der Waals surface area contributed by atoms with Gasteiger partial charge >= 0.3 is 0 Å². The zero-order chi connectivity index (χ0) is 13.7. The number of ether oxygens (including phenoxy) is 2. The highest BCUT2D eigenvalue weighted by Gasteiger charge is 2.21. The summed E-state index contributed by atoms with van der Waals surface area (Å²) in [7, 11) is 1.68. The van der Waals surface area contributed by atoms with Crippen molar-refractivity contribution in [2.24, 2.45) is 11.8 Å². The van der Waals surface area contributed by atoms with E-state index in [1.165, 1.54) is 19.5 Å². The normalized spacial score (nSPS) is 24.2. The second-order valence-electron chi connectivity index (χ2n) is 5.73. The largest absolute Gasteiger partial charge is 0.497 e. The smallest absolute Gasteiger partial charge is 0.119 e. The molecule has 1 saturated heterocycles. The number of methoxy groups -OCH3 is 1. The molecule has 0 amide bonds. The van der Waals surface area contributed by atoms with Crippen LogP contribution in [0.1, 0.15) is 20.3 Å². The second-order valence-corrected chi connectivity index (χ2v) is 5.73. The van der Waals surface area contributed by atoms with Crippen molar-refractivity contribution >= 4 is 0 Å². The maximum absolute atomic E-state index is 5.78. The topological polar surface area (TPSA) is 21.7 Å². The van der Waals surface area contributed by atoms with E-state index >= 15 is 0 Å². The zero-order valence-electron chi connectivity index (χ0n) is 12.3. The van der Waals surface area contributed by atoms with Crippen LogP contribution >= 0.6 is 0 Å². The summed E-state index contributed by atoms with van der Waals surface area (Å²) >= 11 is 0. The number of hydrogen-bond donors (Lipinski definition) is 0. The van der Waals surface area contributed by atoms with Gasteiger partial charge in [-0.2, -0.15) is 0 Å². The van der Waals surface area contributed by atoms with Gasteiger partial charge in [0.15, 0.2) is 0 Å². The third-order valence-electron chi connectivity index (χ3n) is 3.68. The van der Waals surface area contributed by atoms with Crippen molar-refractivity contribution in [1.82, 2.24) is 4.90 Å². The Labute approximate surface area is 116 Å². The fraction of sp³-hybridized carbons (Fsp3) is 0.625. The van der Waals surface area contributed by atoms with E-state index in [-0.39, 0.29) is 0 Å². The lowest BCUT2D eigenvalue weighted by atomic mass is 9.92. The monoisotopic (exact) mass is 263 g/mol. The third-order valence-corrected chi connectivity index (χ3v) is 3.68. The summed E-state index contributed by atoms with van der Waals surface area (Å²) in [5.74, 6) is 3.40. The van der Waals surface area contributed by atoms with Crippen LogP contribution < -0.4 is 9.47 Å². The van der Waals surface area contributed by atoms with Gasteiger partial charge in [-0.05, 0) is 42.5 Å². The highest BCUT2D eigenvalue weighted by Crippen LogP contribution is 2.21. The van der Waals surface area contributed by atoms with Crippen LogP contribution in [0.15, 0.2) is 24.3 Å². The summed E-state index contributed by atoms with van der Waals surface area (Å²) in [5.41, 5.74) is 0. The van der Waals surface area contributed by atoms with Gasteiger partial charge in [-0.1, -0.05) is 13.8 Å². The molecule has 1 heterocycles. The average molecular weight is 263 g/mol. The Hall–Kier alpha value is -1.22. The van der Waals surface area contributed by atoms with E-state index in [0.29, 0.717) is 0 Å². The minimum atomic E-state index is 0.756.